The summed E-state index contributed by atoms with van der Waals surface area (Å²) >= 11 is 0. The Balaban J connectivity index is 0.00000225. The van der Waals surface area contributed by atoms with Gasteiger partial charge in [0.2, 0.25) is 0 Å². The number of hydrogen-bond donors (Lipinski definition) is 2. The van der Waals surface area contributed by atoms with Crippen LogP contribution in [0.25, 0.3) is 0 Å². The predicted octanol–water partition coefficient (Wildman–Crippen LogP) is -3.21. The van der Waals surface area contributed by atoms with Gasteiger partial charge in [-0.2, -0.15) is 0 Å². The molecular weight excluding hydrogens is 235 g/mol. The van der Waals surface area contributed by atoms with Crippen LogP contribution < -0.4 is 24.6 Å². The molecule has 0 aliphatic carbocycles. The van der Waals surface area contributed by atoms with E-state index in [1.54, 1.807) is 0 Å². The Kier molecular flexibility index (Phi) is 4.34. The Hall–Kier alpha value is -1.27. The van der Waals surface area contributed by atoms with Crippen molar-refractivity contribution in [3.8, 4) is 5.75 Å². The van der Waals surface area contributed by atoms with Gasteiger partial charge in [-0.1, -0.05) is 0 Å². The molecule has 0 spiro atoms. The number of nitrogen functional groups attached to an aromatic ring is 1. The minimum Gasteiger partial charge on any atom is -0.744 e. The third-order valence-corrected chi connectivity index (χ3v) is 2.53. The molecule has 8 nitrogen and oxygen atoms in total. The fourth-order valence-corrected chi connectivity index (χ4v) is 1.70. The van der Waals surface area contributed by atoms with E-state index in [0.29, 0.717) is 0 Å². The number of anilines is 1. The Labute approximate surface area is 102 Å². The smallest absolute Gasteiger partial charge is 0.744 e. The quantitative estimate of drug-likeness (QED) is 0.182. The molecule has 16 heavy (non-hydrogen) atoms. The van der Waals surface area contributed by atoms with Crippen LogP contribution in [0.1, 0.15) is 0 Å². The molecule has 82 valence electrons. The summed E-state index contributed by atoms with van der Waals surface area (Å²) in [5.74, 6) is -0.909. The van der Waals surface area contributed by atoms with Gasteiger partial charge in [0.1, 0.15) is 26.5 Å². The largest absolute Gasteiger partial charge is 1.00 e. The number of nitrogens with two attached hydrogens (primary N) is 1. The van der Waals surface area contributed by atoms with Crippen molar-refractivity contribution in [2.45, 2.75) is 4.90 Å². The number of phenolic OH excluding ortho intramolecular Hbond substituents is 1. The van der Waals surface area contributed by atoms with E-state index in [4.69, 9.17) is 10.8 Å². The number of aromatic hydroxyl groups is 1. The first-order valence-electron chi connectivity index (χ1n) is 3.47. The average molecular weight is 240 g/mol. The summed E-state index contributed by atoms with van der Waals surface area (Å²) in [6.45, 7) is 0. The zero-order valence-electron chi connectivity index (χ0n) is 8.08. The molecule has 1 aromatic carbocycles. The first-order valence-corrected chi connectivity index (χ1v) is 4.87. The summed E-state index contributed by atoms with van der Waals surface area (Å²) < 4.78 is 31.9. The normalized spacial score (nSPS) is 10.6. The maximum absolute atomic E-state index is 10.6. The molecule has 1 rings (SSSR count). The second-order valence-corrected chi connectivity index (χ2v) is 3.87. The first kappa shape index (κ1) is 14.7. The summed E-state index contributed by atoms with van der Waals surface area (Å²) in [4.78, 5) is 8.23. The van der Waals surface area contributed by atoms with Gasteiger partial charge in [0.15, 0.2) is 0 Å². The molecule has 0 aromatic heterocycles. The van der Waals surface area contributed by atoms with Gasteiger partial charge in [-0.3, -0.25) is 10.1 Å². The van der Waals surface area contributed by atoms with E-state index >= 15 is 0 Å². The maximum atomic E-state index is 10.6. The number of nitrogens with zero attached hydrogens (tertiary/aromatic N) is 1. The molecule has 0 bridgehead atoms. The van der Waals surface area contributed by atoms with E-state index < -0.39 is 37.1 Å². The van der Waals surface area contributed by atoms with Crippen LogP contribution in [0.2, 0.25) is 0 Å². The third kappa shape index (κ3) is 2.64. The van der Waals surface area contributed by atoms with E-state index in [1.165, 1.54) is 0 Å². The number of phenols is 1. The standard InChI is InChI=1S/C6H6N2O6S.Li/c7-5-3(8(10)11)1-2-4(9)6(5)15(12,13)14;/h1-2,9H,7H2,(H,12,13,14);/q;+1/p-1. The molecule has 0 heterocycles. The van der Waals surface area contributed by atoms with Gasteiger partial charge in [-0.15, -0.1) is 0 Å². The predicted molar refractivity (Wildman–Crippen MR) is 47.1 cm³/mol. The summed E-state index contributed by atoms with van der Waals surface area (Å²) in [7, 11) is -5.05. The van der Waals surface area contributed by atoms with E-state index in [1.807, 2.05) is 0 Å². The Morgan fingerprint density at radius 3 is 2.25 bits per heavy atom. The van der Waals surface area contributed by atoms with Crippen LogP contribution in [-0.4, -0.2) is 23.0 Å². The van der Waals surface area contributed by atoms with E-state index in [0.717, 1.165) is 12.1 Å². The monoisotopic (exact) mass is 240 g/mol. The second kappa shape index (κ2) is 4.71. The van der Waals surface area contributed by atoms with Gasteiger partial charge in [0, 0.05) is 6.07 Å². The van der Waals surface area contributed by atoms with Crippen LogP contribution >= 0.6 is 0 Å². The van der Waals surface area contributed by atoms with Gasteiger partial charge < -0.3 is 15.4 Å². The zero-order valence-corrected chi connectivity index (χ0v) is 8.89. The third-order valence-electron chi connectivity index (χ3n) is 1.60. The molecule has 10 heteroatoms. The van der Waals surface area contributed by atoms with Crippen LogP contribution in [0.3, 0.4) is 0 Å². The minimum atomic E-state index is -5.05. The SMILES string of the molecule is Nc1c([N+](=O)[O-])ccc(O)c1S(=O)(=O)[O-].[Li+]. The van der Waals surface area contributed by atoms with Crippen molar-refractivity contribution in [2.75, 3.05) is 5.73 Å². The topological polar surface area (TPSA) is 147 Å². The summed E-state index contributed by atoms with van der Waals surface area (Å²) in [6.07, 6.45) is 0. The van der Waals surface area contributed by atoms with Gasteiger partial charge in [0.25, 0.3) is 5.69 Å². The molecule has 0 unspecified atom stereocenters. The van der Waals surface area contributed by atoms with Gasteiger partial charge in [0.05, 0.1) is 4.92 Å². The number of nitro groups is 1. The summed E-state index contributed by atoms with van der Waals surface area (Å²) in [5.41, 5.74) is 3.48. The van der Waals surface area contributed by atoms with E-state index in [-0.39, 0.29) is 18.9 Å². The number of nitro benzene ring substituents is 1. The maximum Gasteiger partial charge on any atom is 1.00 e. The summed E-state index contributed by atoms with van der Waals surface area (Å²) in [6, 6.07) is 1.53. The molecule has 3 N–H and O–H groups in total. The van der Waals surface area contributed by atoms with Crippen molar-refractivity contribution in [3.63, 3.8) is 0 Å². The van der Waals surface area contributed by atoms with Gasteiger partial charge >= 0.3 is 18.9 Å². The number of benzene rings is 1. The van der Waals surface area contributed by atoms with Gasteiger partial charge in [-0.05, 0) is 6.07 Å². The van der Waals surface area contributed by atoms with Crippen molar-refractivity contribution in [1.29, 1.82) is 0 Å². The van der Waals surface area contributed by atoms with Crippen molar-refractivity contribution in [1.82, 2.24) is 0 Å². The molecule has 0 atom stereocenters. The van der Waals surface area contributed by atoms with Crippen molar-refractivity contribution >= 4 is 21.5 Å². The number of hydrogen-bond acceptors (Lipinski definition) is 7. The Bertz CT molecular complexity index is 528. The average Bonchev–Trinajstić information content (AvgIpc) is 2.00. The van der Waals surface area contributed by atoms with Crippen LogP contribution in [0.15, 0.2) is 17.0 Å². The molecular formula is C6H5LiN2O6S. The molecule has 0 fully saturated rings. The molecule has 0 saturated carbocycles. The fourth-order valence-electron chi connectivity index (χ4n) is 1.000. The Morgan fingerprint density at radius 1 is 1.38 bits per heavy atom. The van der Waals surface area contributed by atoms with Crippen LogP contribution in [0.5, 0.6) is 5.75 Å². The molecule has 0 aliphatic heterocycles. The molecule has 1 aromatic rings. The molecule has 0 radical (unpaired) electrons. The fraction of sp³-hybridized carbons (Fsp3) is 0. The van der Waals surface area contributed by atoms with Crippen molar-refractivity contribution in [2.24, 2.45) is 0 Å². The molecule has 0 amide bonds. The van der Waals surface area contributed by atoms with Crippen LogP contribution in [-0.2, 0) is 10.1 Å². The summed E-state index contributed by atoms with van der Waals surface area (Å²) in [5, 5.41) is 19.4. The second-order valence-electron chi connectivity index (χ2n) is 2.56. The van der Waals surface area contributed by atoms with E-state index in [9.17, 15) is 23.1 Å². The molecule has 0 aliphatic rings. The van der Waals surface area contributed by atoms with Gasteiger partial charge in [-0.25, -0.2) is 8.42 Å². The number of rotatable bonds is 2. The minimum absolute atomic E-state index is 0. The van der Waals surface area contributed by atoms with Crippen molar-refractivity contribution in [3.05, 3.63) is 22.2 Å². The van der Waals surface area contributed by atoms with Crippen molar-refractivity contribution < 1.29 is 41.9 Å². The van der Waals surface area contributed by atoms with Crippen LogP contribution in [0, 0.1) is 10.1 Å². The van der Waals surface area contributed by atoms with Crippen LogP contribution in [0.4, 0.5) is 11.4 Å². The molecule has 0 saturated heterocycles. The Morgan fingerprint density at radius 2 is 1.88 bits per heavy atom. The first-order chi connectivity index (χ1) is 6.75. The zero-order chi connectivity index (χ0) is 11.8. The van der Waals surface area contributed by atoms with E-state index in [2.05, 4.69) is 0 Å².